The first kappa shape index (κ1) is 17.3. The predicted octanol–water partition coefficient (Wildman–Crippen LogP) is 2.74. The van der Waals surface area contributed by atoms with Crippen molar-refractivity contribution in [2.45, 2.75) is 76.9 Å². The van der Waals surface area contributed by atoms with E-state index in [1.54, 1.807) is 12.7 Å². The third-order valence-corrected chi connectivity index (χ3v) is 5.20. The van der Waals surface area contributed by atoms with Gasteiger partial charge in [0, 0.05) is 11.1 Å². The van der Waals surface area contributed by atoms with Crippen molar-refractivity contribution >= 4 is 0 Å². The second-order valence-corrected chi connectivity index (χ2v) is 7.86. The SMILES string of the molecule is CCCCNC1(c2ncncn2)CC(C)(C)N(C)C(C)(C)C1. The van der Waals surface area contributed by atoms with Crippen LogP contribution in [0.1, 0.15) is 66.1 Å². The van der Waals surface area contributed by atoms with Gasteiger partial charge in [-0.1, -0.05) is 13.3 Å². The summed E-state index contributed by atoms with van der Waals surface area (Å²) in [4.78, 5) is 15.5. The maximum absolute atomic E-state index is 4.51. The van der Waals surface area contributed by atoms with Crippen LogP contribution in [0.15, 0.2) is 12.7 Å². The van der Waals surface area contributed by atoms with E-state index in [9.17, 15) is 0 Å². The molecule has 0 amide bonds. The summed E-state index contributed by atoms with van der Waals surface area (Å²) in [7, 11) is 2.23. The van der Waals surface area contributed by atoms with E-state index in [2.05, 4.69) is 66.8 Å². The van der Waals surface area contributed by atoms with E-state index in [1.807, 2.05) is 0 Å². The standard InChI is InChI=1S/C17H31N5/c1-7-8-9-21-17(14-19-12-18-13-20-14)10-15(2,3)22(6)16(4,5)11-17/h12-13,21H,7-11H2,1-6H3. The van der Waals surface area contributed by atoms with Crippen LogP contribution in [0, 0.1) is 0 Å². The highest BCUT2D eigenvalue weighted by molar-refractivity contribution is 5.16. The van der Waals surface area contributed by atoms with Crippen LogP contribution < -0.4 is 5.32 Å². The Morgan fingerprint density at radius 3 is 2.14 bits per heavy atom. The fourth-order valence-corrected chi connectivity index (χ4v) is 3.95. The first-order chi connectivity index (χ1) is 10.2. The second-order valence-electron chi connectivity index (χ2n) is 7.86. The minimum atomic E-state index is -0.183. The normalized spacial score (nSPS) is 23.4. The molecule has 124 valence electrons. The number of nitrogens with zero attached hydrogens (tertiary/aromatic N) is 4. The molecule has 1 aliphatic heterocycles. The van der Waals surface area contributed by atoms with E-state index in [0.717, 1.165) is 25.2 Å². The van der Waals surface area contributed by atoms with Crippen LogP contribution in [0.3, 0.4) is 0 Å². The molecule has 1 aromatic heterocycles. The van der Waals surface area contributed by atoms with Crippen LogP contribution in [-0.4, -0.2) is 44.5 Å². The molecule has 0 saturated carbocycles. The number of aromatic nitrogens is 3. The van der Waals surface area contributed by atoms with E-state index >= 15 is 0 Å². The molecular formula is C17H31N5. The number of likely N-dealkylation sites (tertiary alicyclic amines) is 1. The molecule has 2 rings (SSSR count). The first-order valence-electron chi connectivity index (χ1n) is 8.35. The summed E-state index contributed by atoms with van der Waals surface area (Å²) in [5.41, 5.74) is -0.0290. The van der Waals surface area contributed by atoms with Crippen LogP contribution in [0.4, 0.5) is 0 Å². The number of hydrogen-bond donors (Lipinski definition) is 1. The molecule has 0 aromatic carbocycles. The Labute approximate surface area is 135 Å². The largest absolute Gasteiger partial charge is 0.305 e. The maximum atomic E-state index is 4.51. The fourth-order valence-electron chi connectivity index (χ4n) is 3.95. The van der Waals surface area contributed by atoms with Gasteiger partial charge in [0.05, 0.1) is 5.54 Å². The van der Waals surface area contributed by atoms with Gasteiger partial charge in [-0.3, -0.25) is 4.90 Å². The Hall–Kier alpha value is -1.07. The molecule has 5 nitrogen and oxygen atoms in total. The molecule has 0 spiro atoms. The van der Waals surface area contributed by atoms with Crippen molar-refractivity contribution in [3.05, 3.63) is 18.5 Å². The molecule has 0 radical (unpaired) electrons. The van der Waals surface area contributed by atoms with E-state index in [-0.39, 0.29) is 16.6 Å². The van der Waals surface area contributed by atoms with Gasteiger partial charge in [-0.25, -0.2) is 15.0 Å². The Morgan fingerprint density at radius 2 is 1.64 bits per heavy atom. The third-order valence-electron chi connectivity index (χ3n) is 5.20. The first-order valence-corrected chi connectivity index (χ1v) is 8.35. The van der Waals surface area contributed by atoms with E-state index < -0.39 is 0 Å². The second kappa shape index (κ2) is 6.20. The molecule has 1 fully saturated rings. The number of piperidine rings is 1. The zero-order chi connectivity index (χ0) is 16.4. The molecule has 1 N–H and O–H groups in total. The van der Waals surface area contributed by atoms with Crippen molar-refractivity contribution in [3.8, 4) is 0 Å². The predicted molar refractivity (Wildman–Crippen MR) is 89.6 cm³/mol. The van der Waals surface area contributed by atoms with Crippen molar-refractivity contribution in [2.24, 2.45) is 0 Å². The zero-order valence-corrected chi connectivity index (χ0v) is 15.0. The smallest absolute Gasteiger partial charge is 0.152 e. The van der Waals surface area contributed by atoms with Crippen molar-refractivity contribution in [1.82, 2.24) is 25.2 Å². The average Bonchev–Trinajstić information content (AvgIpc) is 2.45. The molecule has 0 unspecified atom stereocenters. The monoisotopic (exact) mass is 305 g/mol. The number of nitrogens with one attached hydrogen (secondary N) is 1. The topological polar surface area (TPSA) is 53.9 Å². The summed E-state index contributed by atoms with van der Waals surface area (Å²) in [6, 6.07) is 0. The Kier molecular flexibility index (Phi) is 4.87. The van der Waals surface area contributed by atoms with Gasteiger partial charge in [0.25, 0.3) is 0 Å². The lowest BCUT2D eigenvalue weighted by molar-refractivity contribution is -0.0561. The van der Waals surface area contributed by atoms with Gasteiger partial charge in [-0.15, -0.1) is 0 Å². The molecule has 5 heteroatoms. The van der Waals surface area contributed by atoms with Crippen LogP contribution >= 0.6 is 0 Å². The van der Waals surface area contributed by atoms with Crippen LogP contribution in [0.25, 0.3) is 0 Å². The lowest BCUT2D eigenvalue weighted by Gasteiger charge is -2.58. The summed E-state index contributed by atoms with van der Waals surface area (Å²) in [5.74, 6) is 0.882. The van der Waals surface area contributed by atoms with Crippen molar-refractivity contribution in [3.63, 3.8) is 0 Å². The van der Waals surface area contributed by atoms with Gasteiger partial charge in [-0.2, -0.15) is 0 Å². The summed E-state index contributed by atoms with van der Waals surface area (Å²) >= 11 is 0. The fraction of sp³-hybridized carbons (Fsp3) is 0.824. The molecule has 0 atom stereocenters. The Morgan fingerprint density at radius 1 is 1.09 bits per heavy atom. The minimum absolute atomic E-state index is 0.0770. The molecule has 0 bridgehead atoms. The van der Waals surface area contributed by atoms with Gasteiger partial charge in [0.15, 0.2) is 5.82 Å². The number of rotatable bonds is 5. The zero-order valence-electron chi connectivity index (χ0n) is 15.0. The highest BCUT2D eigenvalue weighted by Gasteiger charge is 2.52. The third kappa shape index (κ3) is 3.30. The molecule has 0 aliphatic carbocycles. The highest BCUT2D eigenvalue weighted by Crippen LogP contribution is 2.46. The van der Waals surface area contributed by atoms with Gasteiger partial charge in [0.2, 0.25) is 0 Å². The maximum Gasteiger partial charge on any atom is 0.152 e. The summed E-state index contributed by atoms with van der Waals surface area (Å²) in [6.45, 7) is 12.5. The quantitative estimate of drug-likeness (QED) is 0.848. The summed E-state index contributed by atoms with van der Waals surface area (Å²) in [6.07, 6.45) is 7.58. The van der Waals surface area contributed by atoms with E-state index in [4.69, 9.17) is 0 Å². The number of unbranched alkanes of at least 4 members (excludes halogenated alkanes) is 1. The highest BCUT2D eigenvalue weighted by atomic mass is 15.3. The Bertz CT molecular complexity index is 465. The summed E-state index contributed by atoms with van der Waals surface area (Å²) < 4.78 is 0. The lowest BCUT2D eigenvalue weighted by atomic mass is 9.68. The molecule has 1 aliphatic rings. The van der Waals surface area contributed by atoms with Gasteiger partial charge >= 0.3 is 0 Å². The van der Waals surface area contributed by atoms with Crippen molar-refractivity contribution in [2.75, 3.05) is 13.6 Å². The van der Waals surface area contributed by atoms with Gasteiger partial charge in [-0.05, 0) is 60.5 Å². The van der Waals surface area contributed by atoms with Crippen LogP contribution in [-0.2, 0) is 5.54 Å². The van der Waals surface area contributed by atoms with E-state index in [0.29, 0.717) is 0 Å². The van der Waals surface area contributed by atoms with Gasteiger partial charge in [0.1, 0.15) is 12.7 Å². The van der Waals surface area contributed by atoms with Crippen LogP contribution in [0.2, 0.25) is 0 Å². The minimum Gasteiger partial charge on any atom is -0.305 e. The van der Waals surface area contributed by atoms with Crippen molar-refractivity contribution < 1.29 is 0 Å². The van der Waals surface area contributed by atoms with Gasteiger partial charge < -0.3 is 5.32 Å². The molecule has 2 heterocycles. The number of hydrogen-bond acceptors (Lipinski definition) is 5. The summed E-state index contributed by atoms with van der Waals surface area (Å²) in [5, 5.41) is 3.80. The molecule has 1 aromatic rings. The molecular weight excluding hydrogens is 274 g/mol. The Balaban J connectivity index is 2.40. The molecule has 22 heavy (non-hydrogen) atoms. The van der Waals surface area contributed by atoms with E-state index in [1.165, 1.54) is 12.8 Å². The van der Waals surface area contributed by atoms with Crippen molar-refractivity contribution in [1.29, 1.82) is 0 Å². The van der Waals surface area contributed by atoms with Crippen LogP contribution in [0.5, 0.6) is 0 Å². The average molecular weight is 305 g/mol. The molecule has 1 saturated heterocycles. The lowest BCUT2D eigenvalue weighted by Crippen LogP contribution is -2.66.